The van der Waals surface area contributed by atoms with Crippen molar-refractivity contribution in [3.63, 3.8) is 0 Å². The molecule has 0 aromatic heterocycles. The summed E-state index contributed by atoms with van der Waals surface area (Å²) < 4.78 is 22.8. The predicted octanol–water partition coefficient (Wildman–Crippen LogP) is -1.61. The molecule has 0 unspecified atom stereocenters. The molecule has 1 saturated heterocycles. The smallest absolute Gasteiger partial charge is 0.237 e. The molecule has 100 valence electrons. The Labute approximate surface area is 108 Å². The van der Waals surface area contributed by atoms with E-state index in [0.717, 1.165) is 6.54 Å². The highest BCUT2D eigenvalue weighted by atomic mass is 35.5. The lowest BCUT2D eigenvalue weighted by Crippen LogP contribution is -3.06. The van der Waals surface area contributed by atoms with Gasteiger partial charge in [-0.2, -0.15) is 0 Å². The van der Waals surface area contributed by atoms with Crippen LogP contribution < -0.4 is 4.90 Å². The summed E-state index contributed by atoms with van der Waals surface area (Å²) in [6.07, 6.45) is 0.535. The molecule has 1 fully saturated rings. The Balaban J connectivity index is 2.67. The maximum absolute atomic E-state index is 11.7. The molecular formula is C10H20ClN2O3S+. The number of amides is 1. The van der Waals surface area contributed by atoms with E-state index in [0.29, 0.717) is 13.0 Å². The predicted molar refractivity (Wildman–Crippen MR) is 67.2 cm³/mol. The second-order valence-corrected chi connectivity index (χ2v) is 7.23. The summed E-state index contributed by atoms with van der Waals surface area (Å²) in [7, 11) is 1.03. The molecule has 0 spiro atoms. The van der Waals surface area contributed by atoms with E-state index < -0.39 is 9.84 Å². The number of halogens is 1. The van der Waals surface area contributed by atoms with Crippen molar-refractivity contribution in [1.29, 1.82) is 0 Å². The zero-order chi connectivity index (χ0) is 13.1. The number of hydrogen-bond acceptors (Lipinski definition) is 3. The molecule has 5 nitrogen and oxygen atoms in total. The quantitative estimate of drug-likeness (QED) is 0.618. The molecule has 1 amide bonds. The topological polar surface area (TPSA) is 58.9 Å². The molecule has 7 heteroatoms. The first-order valence-electron chi connectivity index (χ1n) is 5.70. The van der Waals surface area contributed by atoms with Gasteiger partial charge in [-0.15, -0.1) is 11.6 Å². The Morgan fingerprint density at radius 1 is 1.47 bits per heavy atom. The van der Waals surface area contributed by atoms with E-state index in [1.165, 1.54) is 4.90 Å². The number of alkyl halides is 1. The van der Waals surface area contributed by atoms with E-state index in [-0.39, 0.29) is 29.3 Å². The Kier molecular flexibility index (Phi) is 5.22. The Morgan fingerprint density at radius 3 is 2.53 bits per heavy atom. The van der Waals surface area contributed by atoms with Crippen LogP contribution in [0.5, 0.6) is 0 Å². The molecule has 0 aliphatic carbocycles. The van der Waals surface area contributed by atoms with Crippen LogP contribution in [-0.4, -0.2) is 69.8 Å². The van der Waals surface area contributed by atoms with Crippen molar-refractivity contribution in [2.24, 2.45) is 0 Å². The highest BCUT2D eigenvalue weighted by Crippen LogP contribution is 2.17. The lowest BCUT2D eigenvalue weighted by molar-refractivity contribution is -0.857. The summed E-state index contributed by atoms with van der Waals surface area (Å²) >= 11 is 5.56. The summed E-state index contributed by atoms with van der Waals surface area (Å²) in [6, 6.07) is -0.189. The van der Waals surface area contributed by atoms with Gasteiger partial charge in [0.25, 0.3) is 0 Å². The first kappa shape index (κ1) is 14.7. The van der Waals surface area contributed by atoms with Gasteiger partial charge in [-0.1, -0.05) is 0 Å². The van der Waals surface area contributed by atoms with E-state index in [9.17, 15) is 13.2 Å². The zero-order valence-corrected chi connectivity index (χ0v) is 11.9. The van der Waals surface area contributed by atoms with Crippen molar-refractivity contribution in [3.8, 4) is 0 Å². The number of sulfone groups is 1. The number of quaternary nitrogens is 1. The van der Waals surface area contributed by atoms with Gasteiger partial charge in [0.1, 0.15) is 5.88 Å². The number of hydrogen-bond donors (Lipinski definition) is 1. The Bertz CT molecular complexity index is 370. The number of likely N-dealkylation sites (N-methyl/N-ethyl adjacent to an activating group) is 1. The molecule has 1 rings (SSSR count). The van der Waals surface area contributed by atoms with Crippen molar-refractivity contribution in [1.82, 2.24) is 4.90 Å². The van der Waals surface area contributed by atoms with Crippen LogP contribution in [0.25, 0.3) is 0 Å². The van der Waals surface area contributed by atoms with E-state index in [1.54, 1.807) is 4.90 Å². The van der Waals surface area contributed by atoms with Crippen LogP contribution in [0.1, 0.15) is 6.42 Å². The van der Waals surface area contributed by atoms with Gasteiger partial charge in [-0.05, 0) is 6.42 Å². The third kappa shape index (κ3) is 4.44. The normalized spacial score (nSPS) is 22.9. The minimum absolute atomic E-state index is 0.0817. The first-order valence-corrected chi connectivity index (χ1v) is 8.06. The highest BCUT2D eigenvalue weighted by Gasteiger charge is 2.34. The molecule has 0 saturated carbocycles. The van der Waals surface area contributed by atoms with Crippen molar-refractivity contribution in [3.05, 3.63) is 0 Å². The average molecular weight is 284 g/mol. The van der Waals surface area contributed by atoms with Gasteiger partial charge in [0.15, 0.2) is 9.84 Å². The molecule has 0 radical (unpaired) electrons. The van der Waals surface area contributed by atoms with Gasteiger partial charge < -0.3 is 9.80 Å². The molecule has 1 aliphatic rings. The Morgan fingerprint density at radius 2 is 2.12 bits per heavy atom. The van der Waals surface area contributed by atoms with Crippen LogP contribution in [0.2, 0.25) is 0 Å². The fourth-order valence-corrected chi connectivity index (χ4v) is 3.84. The van der Waals surface area contributed by atoms with Crippen LogP contribution in [0.15, 0.2) is 0 Å². The maximum atomic E-state index is 11.7. The summed E-state index contributed by atoms with van der Waals surface area (Å²) in [5, 5.41) is 0. The number of nitrogens with zero attached hydrogens (tertiary/aromatic N) is 1. The fourth-order valence-electron chi connectivity index (χ4n) is 1.95. The molecule has 0 bridgehead atoms. The van der Waals surface area contributed by atoms with Crippen LogP contribution >= 0.6 is 11.6 Å². The molecule has 1 heterocycles. The lowest BCUT2D eigenvalue weighted by Gasteiger charge is -2.27. The van der Waals surface area contributed by atoms with Gasteiger partial charge in [0.2, 0.25) is 5.91 Å². The monoisotopic (exact) mass is 283 g/mol. The van der Waals surface area contributed by atoms with Crippen LogP contribution in [0.4, 0.5) is 0 Å². The van der Waals surface area contributed by atoms with Crippen LogP contribution in [0.3, 0.4) is 0 Å². The molecule has 0 aromatic carbocycles. The largest absolute Gasteiger partial charge is 0.338 e. The minimum Gasteiger partial charge on any atom is -0.338 e. The van der Waals surface area contributed by atoms with Gasteiger partial charge in [0.05, 0.1) is 38.7 Å². The molecule has 1 N–H and O–H groups in total. The number of nitrogens with one attached hydrogen (secondary N) is 1. The van der Waals surface area contributed by atoms with Crippen molar-refractivity contribution < 1.29 is 18.1 Å². The van der Waals surface area contributed by atoms with Crippen LogP contribution in [0, 0.1) is 0 Å². The standard InChI is InChI=1S/C10H19ClN2O3S/c1-12(2)4-5-13(10(14)7-11)9-3-6-17(15,16)8-9/h9H,3-8H2,1-2H3/p+1/t9-/m0/s1. The van der Waals surface area contributed by atoms with Gasteiger partial charge >= 0.3 is 0 Å². The SMILES string of the molecule is C[NH+](C)CCN(C(=O)CCl)[C@H]1CCS(=O)(=O)C1. The van der Waals surface area contributed by atoms with Gasteiger partial charge in [0, 0.05) is 6.04 Å². The fraction of sp³-hybridized carbons (Fsp3) is 0.900. The zero-order valence-electron chi connectivity index (χ0n) is 10.3. The second kappa shape index (κ2) is 6.02. The molecule has 1 atom stereocenters. The van der Waals surface area contributed by atoms with Crippen molar-refractivity contribution in [2.45, 2.75) is 12.5 Å². The number of carbonyl (C=O) groups is 1. The second-order valence-electron chi connectivity index (χ2n) is 4.73. The summed E-state index contributed by atoms with van der Waals surface area (Å²) in [5.41, 5.74) is 0. The molecule has 1 aliphatic heterocycles. The Hall–Kier alpha value is -0.330. The van der Waals surface area contributed by atoms with E-state index >= 15 is 0 Å². The number of carbonyl (C=O) groups excluding carboxylic acids is 1. The van der Waals surface area contributed by atoms with Crippen molar-refractivity contribution >= 4 is 27.3 Å². The van der Waals surface area contributed by atoms with Crippen LogP contribution in [-0.2, 0) is 14.6 Å². The minimum atomic E-state index is -2.96. The summed E-state index contributed by atoms with van der Waals surface area (Å²) in [6.45, 7) is 1.35. The van der Waals surface area contributed by atoms with Gasteiger partial charge in [-0.25, -0.2) is 8.42 Å². The maximum Gasteiger partial charge on any atom is 0.237 e. The van der Waals surface area contributed by atoms with Crippen molar-refractivity contribution in [2.75, 3.05) is 44.6 Å². The van der Waals surface area contributed by atoms with E-state index in [2.05, 4.69) is 0 Å². The highest BCUT2D eigenvalue weighted by molar-refractivity contribution is 7.91. The summed E-state index contributed by atoms with van der Waals surface area (Å²) in [4.78, 5) is 14.6. The molecule has 17 heavy (non-hydrogen) atoms. The first-order chi connectivity index (χ1) is 7.85. The molecule has 0 aromatic rings. The van der Waals surface area contributed by atoms with Gasteiger partial charge in [-0.3, -0.25) is 4.79 Å². The third-order valence-corrected chi connectivity index (χ3v) is 4.92. The third-order valence-electron chi connectivity index (χ3n) is 2.94. The number of rotatable bonds is 5. The molecular weight excluding hydrogens is 264 g/mol. The average Bonchev–Trinajstić information content (AvgIpc) is 2.58. The lowest BCUT2D eigenvalue weighted by atomic mass is 10.2. The van der Waals surface area contributed by atoms with E-state index in [4.69, 9.17) is 11.6 Å². The summed E-state index contributed by atoms with van der Waals surface area (Å²) in [5.74, 6) is 0.00556. The van der Waals surface area contributed by atoms with E-state index in [1.807, 2.05) is 14.1 Å².